The Morgan fingerprint density at radius 3 is 2.12 bits per heavy atom. The van der Waals surface area contributed by atoms with E-state index in [4.69, 9.17) is 5.14 Å². The summed E-state index contributed by atoms with van der Waals surface area (Å²) in [5, 5.41) is 17.8. The minimum Gasteiger partial charge on any atom is -0.388 e. The van der Waals surface area contributed by atoms with Gasteiger partial charge in [-0.1, -0.05) is 0 Å². The van der Waals surface area contributed by atoms with E-state index in [9.17, 15) is 13.5 Å². The molecule has 0 amide bonds. The van der Waals surface area contributed by atoms with E-state index in [1.165, 1.54) is 12.1 Å². The fourth-order valence-corrected chi connectivity index (χ4v) is 1.68. The molecule has 5 nitrogen and oxygen atoms in total. The molecule has 96 valence electrons. The number of benzene rings is 1. The van der Waals surface area contributed by atoms with Gasteiger partial charge in [-0.15, -0.1) is 0 Å². The predicted octanol–water partition coefficient (Wildman–Crippen LogP) is 0.905. The van der Waals surface area contributed by atoms with Gasteiger partial charge in [-0.25, -0.2) is 13.6 Å². The Kier molecular flexibility index (Phi) is 3.81. The third-order valence-corrected chi connectivity index (χ3v) is 3.55. The molecular weight excluding hydrogens is 240 g/mol. The molecule has 0 aliphatic heterocycles. The maximum absolute atomic E-state index is 11.0. The normalized spacial score (nSPS) is 14.4. The van der Waals surface area contributed by atoms with Crippen molar-refractivity contribution in [2.75, 3.05) is 5.32 Å². The number of nitrogens with two attached hydrogens (primary N) is 1. The van der Waals surface area contributed by atoms with Gasteiger partial charge < -0.3 is 10.4 Å². The summed E-state index contributed by atoms with van der Waals surface area (Å²) >= 11 is 0. The fourth-order valence-electron chi connectivity index (χ4n) is 1.17. The highest BCUT2D eigenvalue weighted by molar-refractivity contribution is 7.89. The summed E-state index contributed by atoms with van der Waals surface area (Å²) in [4.78, 5) is 0.0685. The second-order valence-electron chi connectivity index (χ2n) is 4.59. The summed E-state index contributed by atoms with van der Waals surface area (Å²) in [6.07, 6.45) is 0. The minimum atomic E-state index is -3.65. The van der Waals surface area contributed by atoms with Crippen molar-refractivity contribution in [1.29, 1.82) is 0 Å². The molecule has 0 heterocycles. The first-order valence-electron chi connectivity index (χ1n) is 5.22. The third-order valence-electron chi connectivity index (χ3n) is 2.63. The average Bonchev–Trinajstić information content (AvgIpc) is 2.15. The van der Waals surface area contributed by atoms with Crippen LogP contribution in [0.3, 0.4) is 0 Å². The number of aliphatic hydroxyl groups is 1. The quantitative estimate of drug-likeness (QED) is 0.748. The van der Waals surface area contributed by atoms with Crippen molar-refractivity contribution in [3.05, 3.63) is 24.3 Å². The molecule has 1 aromatic rings. The Morgan fingerprint density at radius 1 is 1.29 bits per heavy atom. The molecule has 0 fully saturated rings. The lowest BCUT2D eigenvalue weighted by Gasteiger charge is -2.27. The van der Waals surface area contributed by atoms with Gasteiger partial charge in [-0.2, -0.15) is 0 Å². The molecule has 17 heavy (non-hydrogen) atoms. The highest BCUT2D eigenvalue weighted by Gasteiger charge is 2.21. The summed E-state index contributed by atoms with van der Waals surface area (Å²) in [6.45, 7) is 5.24. The van der Waals surface area contributed by atoms with Crippen LogP contribution in [0, 0.1) is 0 Å². The molecule has 0 aliphatic rings. The van der Waals surface area contributed by atoms with Crippen LogP contribution in [-0.4, -0.2) is 25.2 Å². The molecule has 1 aromatic carbocycles. The maximum atomic E-state index is 11.0. The number of anilines is 1. The maximum Gasteiger partial charge on any atom is 0.238 e. The van der Waals surface area contributed by atoms with Gasteiger partial charge >= 0.3 is 0 Å². The molecule has 1 rings (SSSR count). The van der Waals surface area contributed by atoms with Crippen molar-refractivity contribution < 1.29 is 13.5 Å². The van der Waals surface area contributed by atoms with Gasteiger partial charge in [0, 0.05) is 5.69 Å². The number of nitrogens with one attached hydrogen (secondary N) is 1. The van der Waals surface area contributed by atoms with Crippen LogP contribution in [0.15, 0.2) is 29.2 Å². The highest BCUT2D eigenvalue weighted by Crippen LogP contribution is 2.17. The first-order valence-corrected chi connectivity index (χ1v) is 6.77. The van der Waals surface area contributed by atoms with Crippen molar-refractivity contribution in [3.8, 4) is 0 Å². The van der Waals surface area contributed by atoms with E-state index in [0.717, 1.165) is 5.69 Å². The number of hydrogen-bond acceptors (Lipinski definition) is 4. The van der Waals surface area contributed by atoms with Gasteiger partial charge in [0.1, 0.15) is 0 Å². The van der Waals surface area contributed by atoms with Crippen LogP contribution in [0.5, 0.6) is 0 Å². The van der Waals surface area contributed by atoms with Crippen molar-refractivity contribution in [2.24, 2.45) is 5.14 Å². The lowest BCUT2D eigenvalue weighted by Crippen LogP contribution is -2.39. The van der Waals surface area contributed by atoms with Gasteiger partial charge in [-0.3, -0.25) is 0 Å². The van der Waals surface area contributed by atoms with E-state index in [1.807, 2.05) is 6.92 Å². The molecule has 0 aliphatic carbocycles. The molecule has 0 radical (unpaired) electrons. The molecule has 1 atom stereocenters. The zero-order valence-electron chi connectivity index (χ0n) is 10.1. The Hall–Kier alpha value is -1.11. The van der Waals surface area contributed by atoms with Crippen molar-refractivity contribution in [3.63, 3.8) is 0 Å². The smallest absolute Gasteiger partial charge is 0.238 e. The van der Waals surface area contributed by atoms with Crippen molar-refractivity contribution in [1.82, 2.24) is 0 Å². The molecular formula is C11H18N2O3S. The third kappa shape index (κ3) is 3.99. The van der Waals surface area contributed by atoms with Crippen molar-refractivity contribution in [2.45, 2.75) is 37.3 Å². The molecule has 0 bridgehead atoms. The van der Waals surface area contributed by atoms with Crippen LogP contribution in [-0.2, 0) is 10.0 Å². The monoisotopic (exact) mass is 258 g/mol. The van der Waals surface area contributed by atoms with Crippen LogP contribution >= 0.6 is 0 Å². The second kappa shape index (κ2) is 4.64. The molecule has 4 N–H and O–H groups in total. The Labute approximate surface area is 102 Å². The average molecular weight is 258 g/mol. The fraction of sp³-hybridized carbons (Fsp3) is 0.455. The molecule has 6 heteroatoms. The van der Waals surface area contributed by atoms with E-state index in [-0.39, 0.29) is 10.9 Å². The largest absolute Gasteiger partial charge is 0.388 e. The van der Waals surface area contributed by atoms with Crippen LogP contribution in [0.4, 0.5) is 5.69 Å². The van der Waals surface area contributed by atoms with Crippen LogP contribution in [0.2, 0.25) is 0 Å². The molecule has 0 saturated heterocycles. The highest BCUT2D eigenvalue weighted by atomic mass is 32.2. The number of sulfonamides is 1. The first-order chi connectivity index (χ1) is 7.60. The van der Waals surface area contributed by atoms with Crippen LogP contribution in [0.25, 0.3) is 0 Å². The Morgan fingerprint density at radius 2 is 1.76 bits per heavy atom. The predicted molar refractivity (Wildman–Crippen MR) is 67.2 cm³/mol. The Balaban J connectivity index is 2.83. The summed E-state index contributed by atoms with van der Waals surface area (Å²) in [5.74, 6) is 0. The van der Waals surface area contributed by atoms with Crippen LogP contribution in [0.1, 0.15) is 20.8 Å². The zero-order chi connectivity index (χ0) is 13.3. The molecule has 1 unspecified atom stereocenters. The lowest BCUT2D eigenvalue weighted by atomic mass is 10.0. The lowest BCUT2D eigenvalue weighted by molar-refractivity contribution is 0.0649. The second-order valence-corrected chi connectivity index (χ2v) is 6.15. The molecule has 0 aromatic heterocycles. The molecule has 0 saturated carbocycles. The summed E-state index contributed by atoms with van der Waals surface area (Å²) in [7, 11) is -3.65. The van der Waals surface area contributed by atoms with E-state index in [2.05, 4.69) is 5.32 Å². The zero-order valence-corrected chi connectivity index (χ0v) is 11.0. The minimum absolute atomic E-state index is 0.0685. The van der Waals surface area contributed by atoms with E-state index in [0.29, 0.717) is 0 Å². The van der Waals surface area contributed by atoms with Gasteiger partial charge in [0.05, 0.1) is 16.5 Å². The topological polar surface area (TPSA) is 92.4 Å². The van der Waals surface area contributed by atoms with E-state index in [1.54, 1.807) is 26.0 Å². The van der Waals surface area contributed by atoms with Crippen LogP contribution < -0.4 is 10.5 Å². The van der Waals surface area contributed by atoms with Gasteiger partial charge in [0.15, 0.2) is 0 Å². The summed E-state index contributed by atoms with van der Waals surface area (Å²) in [5.41, 5.74) is -0.134. The number of rotatable bonds is 4. The SMILES string of the molecule is CC(Nc1ccc(S(N)(=O)=O)cc1)C(C)(C)O. The van der Waals surface area contributed by atoms with E-state index < -0.39 is 15.6 Å². The standard InChI is InChI=1S/C11H18N2O3S/c1-8(11(2,3)14)13-9-4-6-10(7-5-9)17(12,15)16/h4-8,13-14H,1-3H3,(H2,12,15,16). The van der Waals surface area contributed by atoms with Gasteiger partial charge in [0.25, 0.3) is 0 Å². The molecule has 0 spiro atoms. The van der Waals surface area contributed by atoms with Gasteiger partial charge in [-0.05, 0) is 45.0 Å². The summed E-state index contributed by atoms with van der Waals surface area (Å²) in [6, 6.07) is 5.91. The Bertz CT molecular complexity index is 474. The van der Waals surface area contributed by atoms with E-state index >= 15 is 0 Å². The van der Waals surface area contributed by atoms with Gasteiger partial charge in [0.2, 0.25) is 10.0 Å². The summed E-state index contributed by atoms with van der Waals surface area (Å²) < 4.78 is 22.1. The number of primary sulfonamides is 1. The van der Waals surface area contributed by atoms with Crippen molar-refractivity contribution >= 4 is 15.7 Å². The first kappa shape index (κ1) is 14.0. The number of hydrogen-bond donors (Lipinski definition) is 3.